The molecule has 84 valence electrons. The number of thiophene rings is 1. The van der Waals surface area contributed by atoms with Gasteiger partial charge in [-0.1, -0.05) is 0 Å². The van der Waals surface area contributed by atoms with E-state index in [4.69, 9.17) is 0 Å². The number of hydrogen-bond acceptors (Lipinski definition) is 3. The van der Waals surface area contributed by atoms with Crippen LogP contribution in [0, 0.1) is 0 Å². The highest BCUT2D eigenvalue weighted by Crippen LogP contribution is 2.09. The average molecular weight is 224 g/mol. The third kappa shape index (κ3) is 3.59. The van der Waals surface area contributed by atoms with Crippen LogP contribution in [0.15, 0.2) is 16.8 Å². The molecule has 1 aromatic rings. The standard InChI is InChI=1S/C12H20N2S/c1-10(7-11-4-6-15-9-11)14-8-12-3-2-5-13-12/h4,6,9-10,12-14H,2-3,5,7-8H2,1H3. The fourth-order valence-electron chi connectivity index (χ4n) is 2.11. The zero-order chi connectivity index (χ0) is 10.5. The zero-order valence-electron chi connectivity index (χ0n) is 9.33. The van der Waals surface area contributed by atoms with Gasteiger partial charge in [0.1, 0.15) is 0 Å². The number of nitrogens with one attached hydrogen (secondary N) is 2. The van der Waals surface area contributed by atoms with Gasteiger partial charge in [0.05, 0.1) is 0 Å². The molecule has 2 atom stereocenters. The summed E-state index contributed by atoms with van der Waals surface area (Å²) < 4.78 is 0. The summed E-state index contributed by atoms with van der Waals surface area (Å²) in [5.74, 6) is 0. The van der Waals surface area contributed by atoms with Crippen LogP contribution in [0.3, 0.4) is 0 Å². The fourth-order valence-corrected chi connectivity index (χ4v) is 2.79. The highest BCUT2D eigenvalue weighted by molar-refractivity contribution is 7.07. The first-order valence-corrected chi connectivity index (χ1v) is 6.77. The first kappa shape index (κ1) is 11.1. The Balaban J connectivity index is 1.66. The molecule has 2 rings (SSSR count). The monoisotopic (exact) mass is 224 g/mol. The second-order valence-electron chi connectivity index (χ2n) is 4.44. The summed E-state index contributed by atoms with van der Waals surface area (Å²) in [4.78, 5) is 0. The van der Waals surface area contributed by atoms with E-state index in [2.05, 4.69) is 34.4 Å². The Labute approximate surface area is 96.1 Å². The maximum absolute atomic E-state index is 3.60. The summed E-state index contributed by atoms with van der Waals surface area (Å²) in [6.45, 7) is 4.59. The predicted octanol–water partition coefficient (Wildman–Crippen LogP) is 2.02. The normalized spacial score (nSPS) is 23.1. The van der Waals surface area contributed by atoms with Gasteiger partial charge in [0.2, 0.25) is 0 Å². The van der Waals surface area contributed by atoms with Gasteiger partial charge in [-0.2, -0.15) is 11.3 Å². The molecule has 2 N–H and O–H groups in total. The van der Waals surface area contributed by atoms with Gasteiger partial charge in [-0.05, 0) is 55.1 Å². The molecule has 1 saturated heterocycles. The Hall–Kier alpha value is -0.380. The minimum atomic E-state index is 0.585. The molecular formula is C12H20N2S. The van der Waals surface area contributed by atoms with E-state index in [0.29, 0.717) is 12.1 Å². The Kier molecular flexibility index (Phi) is 4.18. The Morgan fingerprint density at radius 2 is 2.60 bits per heavy atom. The van der Waals surface area contributed by atoms with Gasteiger partial charge < -0.3 is 10.6 Å². The van der Waals surface area contributed by atoms with E-state index in [1.807, 2.05) is 0 Å². The lowest BCUT2D eigenvalue weighted by molar-refractivity contribution is 0.478. The van der Waals surface area contributed by atoms with Crippen LogP contribution in [0.25, 0.3) is 0 Å². The summed E-state index contributed by atoms with van der Waals surface area (Å²) in [5.41, 5.74) is 1.46. The Bertz CT molecular complexity index is 265. The first-order valence-electron chi connectivity index (χ1n) is 5.82. The van der Waals surface area contributed by atoms with Crippen LogP contribution >= 0.6 is 11.3 Å². The third-order valence-electron chi connectivity index (χ3n) is 3.00. The molecule has 3 heteroatoms. The van der Waals surface area contributed by atoms with Crippen molar-refractivity contribution in [3.8, 4) is 0 Å². The minimum Gasteiger partial charge on any atom is -0.313 e. The van der Waals surface area contributed by atoms with Gasteiger partial charge >= 0.3 is 0 Å². The average Bonchev–Trinajstić information content (AvgIpc) is 2.86. The molecule has 2 unspecified atom stereocenters. The van der Waals surface area contributed by atoms with E-state index in [-0.39, 0.29) is 0 Å². The van der Waals surface area contributed by atoms with E-state index in [9.17, 15) is 0 Å². The predicted molar refractivity (Wildman–Crippen MR) is 66.5 cm³/mol. The van der Waals surface area contributed by atoms with E-state index in [0.717, 1.165) is 13.0 Å². The van der Waals surface area contributed by atoms with Gasteiger partial charge in [-0.15, -0.1) is 0 Å². The molecule has 2 heterocycles. The quantitative estimate of drug-likeness (QED) is 0.799. The molecule has 1 fully saturated rings. The minimum absolute atomic E-state index is 0.585. The van der Waals surface area contributed by atoms with E-state index < -0.39 is 0 Å². The molecule has 15 heavy (non-hydrogen) atoms. The van der Waals surface area contributed by atoms with E-state index >= 15 is 0 Å². The van der Waals surface area contributed by atoms with Gasteiger partial charge in [0.15, 0.2) is 0 Å². The maximum Gasteiger partial charge on any atom is 0.0193 e. The first-order chi connectivity index (χ1) is 7.34. The summed E-state index contributed by atoms with van der Waals surface area (Å²) in [5, 5.41) is 11.5. The topological polar surface area (TPSA) is 24.1 Å². The summed E-state index contributed by atoms with van der Waals surface area (Å²) >= 11 is 1.78. The second-order valence-corrected chi connectivity index (χ2v) is 5.22. The highest BCUT2D eigenvalue weighted by atomic mass is 32.1. The molecule has 0 bridgehead atoms. The van der Waals surface area contributed by atoms with Crippen LogP contribution in [-0.4, -0.2) is 25.2 Å². The third-order valence-corrected chi connectivity index (χ3v) is 3.73. The van der Waals surface area contributed by atoms with Crippen LogP contribution in [0.4, 0.5) is 0 Å². The SMILES string of the molecule is CC(Cc1ccsc1)NCC1CCCN1. The lowest BCUT2D eigenvalue weighted by Crippen LogP contribution is -2.39. The number of hydrogen-bond donors (Lipinski definition) is 2. The molecule has 0 aliphatic carbocycles. The smallest absolute Gasteiger partial charge is 0.0193 e. The van der Waals surface area contributed by atoms with Crippen molar-refractivity contribution in [2.75, 3.05) is 13.1 Å². The molecule has 0 aromatic carbocycles. The zero-order valence-corrected chi connectivity index (χ0v) is 10.1. The molecule has 1 aromatic heterocycles. The molecule has 0 radical (unpaired) electrons. The van der Waals surface area contributed by atoms with E-state index in [1.54, 1.807) is 11.3 Å². The Morgan fingerprint density at radius 1 is 1.67 bits per heavy atom. The van der Waals surface area contributed by atoms with Crippen molar-refractivity contribution in [2.24, 2.45) is 0 Å². The molecule has 0 saturated carbocycles. The largest absolute Gasteiger partial charge is 0.313 e. The molecule has 0 amide bonds. The molecule has 1 aliphatic heterocycles. The fraction of sp³-hybridized carbons (Fsp3) is 0.667. The van der Waals surface area contributed by atoms with Crippen LogP contribution in [0.2, 0.25) is 0 Å². The Morgan fingerprint density at radius 3 is 3.27 bits per heavy atom. The van der Waals surface area contributed by atoms with Crippen molar-refractivity contribution >= 4 is 11.3 Å². The lowest BCUT2D eigenvalue weighted by Gasteiger charge is -2.16. The highest BCUT2D eigenvalue weighted by Gasteiger charge is 2.14. The van der Waals surface area contributed by atoms with Crippen molar-refractivity contribution in [3.05, 3.63) is 22.4 Å². The van der Waals surface area contributed by atoms with Gasteiger partial charge in [-0.3, -0.25) is 0 Å². The van der Waals surface area contributed by atoms with Crippen LogP contribution in [0.5, 0.6) is 0 Å². The van der Waals surface area contributed by atoms with Crippen molar-refractivity contribution in [3.63, 3.8) is 0 Å². The molecule has 0 spiro atoms. The summed E-state index contributed by atoms with van der Waals surface area (Å²) in [6.07, 6.45) is 3.82. The van der Waals surface area contributed by atoms with Crippen LogP contribution in [0.1, 0.15) is 25.3 Å². The van der Waals surface area contributed by atoms with Gasteiger partial charge in [-0.25, -0.2) is 0 Å². The van der Waals surface area contributed by atoms with Gasteiger partial charge in [0, 0.05) is 18.6 Å². The van der Waals surface area contributed by atoms with E-state index in [1.165, 1.54) is 24.9 Å². The lowest BCUT2D eigenvalue weighted by atomic mass is 10.1. The van der Waals surface area contributed by atoms with Crippen molar-refractivity contribution in [1.29, 1.82) is 0 Å². The van der Waals surface area contributed by atoms with Gasteiger partial charge in [0.25, 0.3) is 0 Å². The summed E-state index contributed by atoms with van der Waals surface area (Å²) in [7, 11) is 0. The molecular weight excluding hydrogens is 204 g/mol. The maximum atomic E-state index is 3.60. The van der Waals surface area contributed by atoms with Crippen molar-refractivity contribution < 1.29 is 0 Å². The number of rotatable bonds is 5. The summed E-state index contributed by atoms with van der Waals surface area (Å²) in [6, 6.07) is 3.51. The van der Waals surface area contributed by atoms with Crippen molar-refractivity contribution in [2.45, 2.75) is 38.3 Å². The van der Waals surface area contributed by atoms with Crippen molar-refractivity contribution in [1.82, 2.24) is 10.6 Å². The molecule has 2 nitrogen and oxygen atoms in total. The molecule has 1 aliphatic rings. The van der Waals surface area contributed by atoms with Crippen LogP contribution < -0.4 is 10.6 Å². The second kappa shape index (κ2) is 5.64. The van der Waals surface area contributed by atoms with Crippen LogP contribution in [-0.2, 0) is 6.42 Å².